The second-order valence-corrected chi connectivity index (χ2v) is 4.85. The van der Waals surface area contributed by atoms with Gasteiger partial charge in [-0.25, -0.2) is 23.1 Å². The second-order valence-electron chi connectivity index (χ2n) is 4.85. The molecule has 0 bridgehead atoms. The minimum atomic E-state index is -1.45. The average Bonchev–Trinajstić information content (AvgIpc) is 2.43. The van der Waals surface area contributed by atoms with E-state index in [4.69, 9.17) is 0 Å². The summed E-state index contributed by atoms with van der Waals surface area (Å²) in [4.78, 5) is 10.3. The molecule has 1 heterocycles. The van der Waals surface area contributed by atoms with Gasteiger partial charge in [0.15, 0.2) is 17.5 Å². The second kappa shape index (κ2) is 6.11. The Kier molecular flexibility index (Phi) is 4.45. The highest BCUT2D eigenvalue weighted by Crippen LogP contribution is 2.18. The van der Waals surface area contributed by atoms with Gasteiger partial charge in [0.2, 0.25) is 0 Å². The number of rotatable bonds is 4. The molecule has 0 aliphatic carbocycles. The third kappa shape index (κ3) is 3.51. The minimum absolute atomic E-state index is 0.216. The lowest BCUT2D eigenvalue weighted by Gasteiger charge is -2.19. The summed E-state index contributed by atoms with van der Waals surface area (Å²) in [6.07, 6.45) is 0.768. The fraction of sp³-hybridized carbons (Fsp3) is 0.333. The van der Waals surface area contributed by atoms with Crippen molar-refractivity contribution in [3.05, 3.63) is 52.7 Å². The molecule has 6 heteroatoms. The molecule has 2 rings (SSSR count). The number of aryl methyl sites for hydroxylation is 2. The molecule has 2 aromatic rings. The first-order valence-electron chi connectivity index (χ1n) is 6.59. The monoisotopic (exact) mass is 295 g/mol. The summed E-state index contributed by atoms with van der Waals surface area (Å²) in [5.74, 6) is -2.54. The third-order valence-electron chi connectivity index (χ3n) is 3.09. The summed E-state index contributed by atoms with van der Waals surface area (Å²) in [6, 6.07) is 3.80. The molecular weight excluding hydrogens is 279 g/mol. The van der Waals surface area contributed by atoms with Crippen molar-refractivity contribution in [2.45, 2.75) is 26.8 Å². The Bertz CT molecular complexity index is 636. The quantitative estimate of drug-likeness (QED) is 0.810. The standard InChI is InChI=1S/C15H16F3N3/c1-4-11-7-14(20-9(2)19-11)21(3)8-10-5-12(16)15(18)13(17)6-10/h5-7H,4,8H2,1-3H3. The molecule has 0 fully saturated rings. The van der Waals surface area contributed by atoms with Crippen molar-refractivity contribution in [2.75, 3.05) is 11.9 Å². The van der Waals surface area contributed by atoms with Gasteiger partial charge in [-0.3, -0.25) is 0 Å². The number of halogens is 3. The molecule has 21 heavy (non-hydrogen) atoms. The summed E-state index contributed by atoms with van der Waals surface area (Å²) in [5.41, 5.74) is 1.23. The number of nitrogens with zero attached hydrogens (tertiary/aromatic N) is 3. The third-order valence-corrected chi connectivity index (χ3v) is 3.09. The van der Waals surface area contributed by atoms with E-state index in [1.165, 1.54) is 0 Å². The zero-order valence-electron chi connectivity index (χ0n) is 12.1. The van der Waals surface area contributed by atoms with Gasteiger partial charge in [0, 0.05) is 25.4 Å². The molecule has 1 aromatic carbocycles. The van der Waals surface area contributed by atoms with Crippen molar-refractivity contribution >= 4 is 5.82 Å². The molecule has 0 aliphatic heterocycles. The largest absolute Gasteiger partial charge is 0.355 e. The first-order valence-corrected chi connectivity index (χ1v) is 6.59. The topological polar surface area (TPSA) is 29.0 Å². The van der Waals surface area contributed by atoms with Crippen LogP contribution in [0, 0.1) is 24.4 Å². The lowest BCUT2D eigenvalue weighted by Crippen LogP contribution is -2.19. The van der Waals surface area contributed by atoms with Crippen molar-refractivity contribution in [1.29, 1.82) is 0 Å². The van der Waals surface area contributed by atoms with Crippen LogP contribution >= 0.6 is 0 Å². The van der Waals surface area contributed by atoms with E-state index in [-0.39, 0.29) is 6.54 Å². The molecule has 112 valence electrons. The number of hydrogen-bond donors (Lipinski definition) is 0. The van der Waals surface area contributed by atoms with E-state index in [1.54, 1.807) is 18.9 Å². The first kappa shape index (κ1) is 15.3. The Balaban J connectivity index is 2.25. The molecule has 0 unspecified atom stereocenters. The van der Waals surface area contributed by atoms with Crippen LogP contribution in [-0.2, 0) is 13.0 Å². The first-order chi connectivity index (χ1) is 9.90. The Morgan fingerprint density at radius 1 is 1.05 bits per heavy atom. The van der Waals surface area contributed by atoms with Crippen LogP contribution in [0.2, 0.25) is 0 Å². The van der Waals surface area contributed by atoms with Crippen LogP contribution in [0.5, 0.6) is 0 Å². The van der Waals surface area contributed by atoms with E-state index in [9.17, 15) is 13.2 Å². The number of hydrogen-bond acceptors (Lipinski definition) is 3. The van der Waals surface area contributed by atoms with E-state index < -0.39 is 17.5 Å². The molecule has 1 aromatic heterocycles. The zero-order valence-corrected chi connectivity index (χ0v) is 12.1. The summed E-state index contributed by atoms with van der Waals surface area (Å²) in [6.45, 7) is 3.98. The van der Waals surface area contributed by atoms with E-state index in [0.29, 0.717) is 17.2 Å². The normalized spacial score (nSPS) is 10.8. The number of benzene rings is 1. The Labute approximate surface area is 121 Å². The van der Waals surface area contributed by atoms with E-state index >= 15 is 0 Å². The maximum Gasteiger partial charge on any atom is 0.194 e. The summed E-state index contributed by atoms with van der Waals surface area (Å²) < 4.78 is 39.4. The zero-order chi connectivity index (χ0) is 15.6. The van der Waals surface area contributed by atoms with Crippen LogP contribution < -0.4 is 4.90 Å². The summed E-state index contributed by atoms with van der Waals surface area (Å²) in [5, 5.41) is 0. The number of aromatic nitrogens is 2. The van der Waals surface area contributed by atoms with Crippen molar-refractivity contribution < 1.29 is 13.2 Å². The molecule has 0 saturated carbocycles. The lowest BCUT2D eigenvalue weighted by atomic mass is 10.2. The summed E-state index contributed by atoms with van der Waals surface area (Å²) >= 11 is 0. The maximum absolute atomic E-state index is 13.2. The van der Waals surface area contributed by atoms with Crippen LogP contribution in [0.25, 0.3) is 0 Å². The highest BCUT2D eigenvalue weighted by Gasteiger charge is 2.13. The van der Waals surface area contributed by atoms with Gasteiger partial charge in [-0.15, -0.1) is 0 Å². The van der Waals surface area contributed by atoms with Crippen molar-refractivity contribution in [2.24, 2.45) is 0 Å². The van der Waals surface area contributed by atoms with Crippen LogP contribution in [-0.4, -0.2) is 17.0 Å². The molecule has 0 N–H and O–H groups in total. The fourth-order valence-corrected chi connectivity index (χ4v) is 2.04. The molecule has 0 atom stereocenters. The molecule has 0 amide bonds. The van der Waals surface area contributed by atoms with Crippen LogP contribution in [0.1, 0.15) is 24.0 Å². The molecule has 0 saturated heterocycles. The lowest BCUT2D eigenvalue weighted by molar-refractivity contribution is 0.445. The minimum Gasteiger partial charge on any atom is -0.355 e. The Morgan fingerprint density at radius 3 is 2.24 bits per heavy atom. The van der Waals surface area contributed by atoms with Gasteiger partial charge in [-0.1, -0.05) is 6.92 Å². The van der Waals surface area contributed by atoms with Crippen LogP contribution in [0.3, 0.4) is 0 Å². The maximum atomic E-state index is 13.2. The number of anilines is 1. The van der Waals surface area contributed by atoms with Crippen LogP contribution in [0.15, 0.2) is 18.2 Å². The smallest absolute Gasteiger partial charge is 0.194 e. The van der Waals surface area contributed by atoms with E-state index in [0.717, 1.165) is 24.2 Å². The van der Waals surface area contributed by atoms with Gasteiger partial charge in [-0.2, -0.15) is 0 Å². The SMILES string of the molecule is CCc1cc(N(C)Cc2cc(F)c(F)c(F)c2)nc(C)n1. The van der Waals surface area contributed by atoms with E-state index in [2.05, 4.69) is 9.97 Å². The van der Waals surface area contributed by atoms with Gasteiger partial charge in [0.05, 0.1) is 0 Å². The molecule has 0 aliphatic rings. The Morgan fingerprint density at radius 2 is 1.67 bits per heavy atom. The predicted molar refractivity (Wildman–Crippen MR) is 74.6 cm³/mol. The molecule has 0 radical (unpaired) electrons. The average molecular weight is 295 g/mol. The van der Waals surface area contributed by atoms with E-state index in [1.807, 2.05) is 13.0 Å². The molecular formula is C15H16F3N3. The van der Waals surface area contributed by atoms with Crippen molar-refractivity contribution in [3.63, 3.8) is 0 Å². The highest BCUT2D eigenvalue weighted by atomic mass is 19.2. The van der Waals surface area contributed by atoms with Crippen molar-refractivity contribution in [1.82, 2.24) is 9.97 Å². The summed E-state index contributed by atoms with van der Waals surface area (Å²) in [7, 11) is 1.75. The van der Waals surface area contributed by atoms with Gasteiger partial charge in [0.1, 0.15) is 11.6 Å². The molecule has 0 spiro atoms. The predicted octanol–water partition coefficient (Wildman–Crippen LogP) is 3.40. The fourth-order valence-electron chi connectivity index (χ4n) is 2.04. The van der Waals surface area contributed by atoms with Gasteiger partial charge < -0.3 is 4.90 Å². The van der Waals surface area contributed by atoms with Gasteiger partial charge >= 0.3 is 0 Å². The van der Waals surface area contributed by atoms with Crippen LogP contribution in [0.4, 0.5) is 19.0 Å². The van der Waals surface area contributed by atoms with Gasteiger partial charge in [0.25, 0.3) is 0 Å². The van der Waals surface area contributed by atoms with Gasteiger partial charge in [-0.05, 0) is 31.0 Å². The highest BCUT2D eigenvalue weighted by molar-refractivity contribution is 5.40. The Hall–Kier alpha value is -2.11. The molecule has 3 nitrogen and oxygen atoms in total. The van der Waals surface area contributed by atoms with Crippen molar-refractivity contribution in [3.8, 4) is 0 Å².